The Morgan fingerprint density at radius 1 is 1.16 bits per heavy atom. The molecule has 1 aromatic rings. The van der Waals surface area contributed by atoms with Crippen molar-refractivity contribution in [1.82, 2.24) is 0 Å². The average Bonchev–Trinajstić information content (AvgIpc) is 2.99. The highest BCUT2D eigenvalue weighted by molar-refractivity contribution is 6.32. The topological polar surface area (TPSA) is 32.3 Å². The molecule has 1 fully saturated rings. The Morgan fingerprint density at radius 3 is 2.55 bits per heavy atom. The van der Waals surface area contributed by atoms with E-state index in [0.29, 0.717) is 0 Å². The minimum Gasteiger partial charge on any atom is -0.378 e. The molecule has 0 aliphatic carbocycles. The molecule has 31 heavy (non-hydrogen) atoms. The maximum absolute atomic E-state index is 6.87. The first-order valence-electron chi connectivity index (χ1n) is 11.5. The number of hydrogen-bond acceptors (Lipinski definition) is 3. The van der Waals surface area contributed by atoms with E-state index < -0.39 is 0 Å². The van der Waals surface area contributed by atoms with Gasteiger partial charge in [0, 0.05) is 42.0 Å². The average molecular weight is 443 g/mol. The van der Waals surface area contributed by atoms with Crippen LogP contribution in [0, 0.1) is 0 Å². The number of nitrogens with zero attached hydrogens (tertiary/aromatic N) is 2. The molecule has 0 saturated carbocycles. The first-order valence-corrected chi connectivity index (χ1v) is 11.8. The van der Waals surface area contributed by atoms with Crippen LogP contribution in [0.15, 0.2) is 52.2 Å². The number of morpholine rings is 1. The summed E-state index contributed by atoms with van der Waals surface area (Å²) in [5.74, 6) is 0. The van der Waals surface area contributed by atoms with Crippen molar-refractivity contribution in [3.8, 4) is 0 Å². The molecule has 0 radical (unpaired) electrons. The zero-order valence-electron chi connectivity index (χ0n) is 19.9. The zero-order chi connectivity index (χ0) is 22.4. The first-order chi connectivity index (χ1) is 14.6. The number of halogens is 1. The van der Waals surface area contributed by atoms with E-state index in [1.54, 1.807) is 0 Å². The van der Waals surface area contributed by atoms with Crippen molar-refractivity contribution in [2.75, 3.05) is 49.2 Å². The maximum Gasteiger partial charge on any atom is 0.134 e. The maximum atomic E-state index is 6.87. The van der Waals surface area contributed by atoms with Crippen LogP contribution in [0.2, 0.25) is 0 Å². The lowest BCUT2D eigenvalue weighted by atomic mass is 9.87. The molecule has 0 amide bonds. The Balaban J connectivity index is 1.71. The van der Waals surface area contributed by atoms with E-state index in [1.807, 2.05) is 0 Å². The fourth-order valence-corrected chi connectivity index (χ4v) is 5.52. The molecule has 3 aliphatic rings. The Bertz CT molecular complexity index is 951. The molecular weight excluding hydrogens is 406 g/mol. The van der Waals surface area contributed by atoms with E-state index in [1.165, 1.54) is 28.2 Å². The summed E-state index contributed by atoms with van der Waals surface area (Å²) in [6.45, 7) is 18.9. The van der Waals surface area contributed by atoms with Gasteiger partial charge in [0.1, 0.15) is 11.2 Å². The van der Waals surface area contributed by atoms with Gasteiger partial charge in [-0.05, 0) is 45.4 Å². The van der Waals surface area contributed by atoms with Crippen molar-refractivity contribution < 1.29 is 10.1 Å². The molecule has 168 valence electrons. The van der Waals surface area contributed by atoms with Crippen molar-refractivity contribution in [2.24, 2.45) is 0 Å². The number of benzene rings is 1. The van der Waals surface area contributed by atoms with Gasteiger partial charge in [0.2, 0.25) is 0 Å². The Hall–Kier alpha value is -1.75. The second kappa shape index (κ2) is 8.31. The molecule has 0 aromatic heterocycles. The standard InChI is InChI=1S/C26H36ClN3O/c1-7-8-20-22(28-26(5,6)18(2)24(20)27)16-30-17-25(3,4)21-10-9-19(15-23(21)30)29-11-13-31-14-12-29/h7-10,15,28H,11-14,16-17H2,1-6H3/p+1/b8-7-. The molecule has 2 N–H and O–H groups in total. The molecule has 0 unspecified atom stereocenters. The van der Waals surface area contributed by atoms with Gasteiger partial charge in [-0.3, -0.25) is 0 Å². The molecule has 5 heteroatoms. The van der Waals surface area contributed by atoms with Gasteiger partial charge in [-0.15, -0.1) is 0 Å². The number of rotatable bonds is 4. The van der Waals surface area contributed by atoms with Crippen LogP contribution in [0.5, 0.6) is 0 Å². The van der Waals surface area contributed by atoms with Crippen molar-refractivity contribution in [1.29, 1.82) is 0 Å². The minimum absolute atomic E-state index is 0.0365. The van der Waals surface area contributed by atoms with Crippen LogP contribution in [-0.4, -0.2) is 44.9 Å². The third-order valence-electron chi connectivity index (χ3n) is 7.12. The third-order valence-corrected chi connectivity index (χ3v) is 7.61. The van der Waals surface area contributed by atoms with Crippen LogP contribution < -0.4 is 15.1 Å². The molecule has 3 heterocycles. The number of fused-ring (bicyclic) bond motifs is 1. The molecule has 4 rings (SSSR count). The minimum atomic E-state index is -0.0365. The summed E-state index contributed by atoms with van der Waals surface area (Å²) in [7, 11) is 0. The highest BCUT2D eigenvalue weighted by Gasteiger charge is 2.40. The summed E-state index contributed by atoms with van der Waals surface area (Å²) in [6, 6.07) is 7.02. The van der Waals surface area contributed by atoms with Crippen LogP contribution >= 0.6 is 11.6 Å². The van der Waals surface area contributed by atoms with Crippen LogP contribution in [0.25, 0.3) is 0 Å². The van der Waals surface area contributed by atoms with Crippen LogP contribution in [0.1, 0.15) is 47.1 Å². The summed E-state index contributed by atoms with van der Waals surface area (Å²) in [5, 5.41) is 3.32. The van der Waals surface area contributed by atoms with E-state index in [-0.39, 0.29) is 11.0 Å². The fourth-order valence-electron chi connectivity index (χ4n) is 5.09. The van der Waals surface area contributed by atoms with Crippen molar-refractivity contribution in [2.45, 2.75) is 52.5 Å². The summed E-state index contributed by atoms with van der Waals surface area (Å²) >= 11 is 6.87. The van der Waals surface area contributed by atoms with Crippen molar-refractivity contribution in [3.05, 3.63) is 57.8 Å². The van der Waals surface area contributed by atoms with Gasteiger partial charge in [0.25, 0.3) is 0 Å². The smallest absolute Gasteiger partial charge is 0.134 e. The molecule has 0 bridgehead atoms. The van der Waals surface area contributed by atoms with Gasteiger partial charge in [0.05, 0.1) is 30.4 Å². The number of nitrogens with two attached hydrogens (primary N) is 1. The normalized spacial score (nSPS) is 23.2. The van der Waals surface area contributed by atoms with Crippen molar-refractivity contribution >= 4 is 23.0 Å². The van der Waals surface area contributed by atoms with Gasteiger partial charge in [0.15, 0.2) is 0 Å². The predicted octanol–water partition coefficient (Wildman–Crippen LogP) is 4.32. The molecule has 0 atom stereocenters. The Morgan fingerprint density at radius 2 is 1.87 bits per heavy atom. The number of hydrogen-bond donors (Lipinski definition) is 1. The highest BCUT2D eigenvalue weighted by atomic mass is 35.5. The van der Waals surface area contributed by atoms with Crippen LogP contribution in [0.4, 0.5) is 11.4 Å². The number of quaternary nitrogens is 1. The summed E-state index contributed by atoms with van der Waals surface area (Å²) in [5.41, 5.74) is 7.90. The molecule has 3 aliphatic heterocycles. The third kappa shape index (κ3) is 4.18. The predicted molar refractivity (Wildman–Crippen MR) is 131 cm³/mol. The molecule has 1 saturated heterocycles. The monoisotopic (exact) mass is 442 g/mol. The first kappa shape index (κ1) is 22.4. The van der Waals surface area contributed by atoms with E-state index in [9.17, 15) is 0 Å². The van der Waals surface area contributed by atoms with Crippen LogP contribution in [-0.2, 0) is 10.2 Å². The highest BCUT2D eigenvalue weighted by Crippen LogP contribution is 2.43. The lowest BCUT2D eigenvalue weighted by molar-refractivity contribution is -0.669. The van der Waals surface area contributed by atoms with Crippen LogP contribution in [0.3, 0.4) is 0 Å². The second-order valence-electron chi connectivity index (χ2n) is 10.3. The molecule has 1 aromatic carbocycles. The summed E-state index contributed by atoms with van der Waals surface area (Å²) in [6.07, 6.45) is 4.26. The Labute approximate surface area is 192 Å². The summed E-state index contributed by atoms with van der Waals surface area (Å²) < 4.78 is 5.56. The molecule has 0 spiro atoms. The molecular formula is C26H37ClN3O+. The summed E-state index contributed by atoms with van der Waals surface area (Å²) in [4.78, 5) is 4.99. The lowest BCUT2D eigenvalue weighted by Crippen LogP contribution is -2.95. The largest absolute Gasteiger partial charge is 0.378 e. The molecule has 4 nitrogen and oxygen atoms in total. The fraction of sp³-hybridized carbons (Fsp3) is 0.538. The second-order valence-corrected chi connectivity index (χ2v) is 10.7. The zero-order valence-corrected chi connectivity index (χ0v) is 20.6. The Kier molecular flexibility index (Phi) is 6.01. The number of anilines is 2. The SMILES string of the molecule is C/C=C\C1=C(CN2CC(C)(C)c3ccc(N4CCOCC4)cc32)[NH2+]C(C)(C)C(C)=C1Cl. The van der Waals surface area contributed by atoms with Gasteiger partial charge in [-0.25, -0.2) is 0 Å². The van der Waals surface area contributed by atoms with E-state index in [0.717, 1.165) is 50.0 Å². The van der Waals surface area contributed by atoms with Gasteiger partial charge >= 0.3 is 0 Å². The van der Waals surface area contributed by atoms with Gasteiger partial charge in [-0.2, -0.15) is 0 Å². The van der Waals surface area contributed by atoms with Crippen molar-refractivity contribution in [3.63, 3.8) is 0 Å². The lowest BCUT2D eigenvalue weighted by Gasteiger charge is -2.34. The number of ether oxygens (including phenoxy) is 1. The van der Waals surface area contributed by atoms with E-state index >= 15 is 0 Å². The van der Waals surface area contributed by atoms with E-state index in [2.05, 4.69) is 87.0 Å². The number of allylic oxidation sites excluding steroid dienone is 4. The van der Waals surface area contributed by atoms with E-state index in [4.69, 9.17) is 16.3 Å². The quantitative estimate of drug-likeness (QED) is 0.753. The van der Waals surface area contributed by atoms with Gasteiger partial charge < -0.3 is 19.9 Å². The van der Waals surface area contributed by atoms with Gasteiger partial charge in [-0.1, -0.05) is 43.7 Å².